The van der Waals surface area contributed by atoms with Crippen molar-refractivity contribution in [2.24, 2.45) is 0 Å². The molecule has 0 aliphatic rings. The van der Waals surface area contributed by atoms with E-state index in [1.54, 1.807) is 0 Å². The van der Waals surface area contributed by atoms with E-state index in [4.69, 9.17) is 4.74 Å². The number of carbonyl (C=O) groups excluding carboxylic acids is 1. The first-order valence-corrected chi connectivity index (χ1v) is 6.90. The molecular formula is C14H28O2. The second-order valence-electron chi connectivity index (χ2n) is 4.61. The summed E-state index contributed by atoms with van der Waals surface area (Å²) in [4.78, 5) is 11.4. The van der Waals surface area contributed by atoms with Crippen LogP contribution in [0.25, 0.3) is 0 Å². The molecule has 96 valence electrons. The van der Waals surface area contributed by atoms with Gasteiger partial charge in [-0.1, -0.05) is 52.4 Å². The molecule has 1 atom stereocenters. The molecular weight excluding hydrogens is 200 g/mol. The molecule has 16 heavy (non-hydrogen) atoms. The van der Waals surface area contributed by atoms with Gasteiger partial charge in [0.1, 0.15) is 0 Å². The zero-order valence-corrected chi connectivity index (χ0v) is 11.3. The fourth-order valence-electron chi connectivity index (χ4n) is 1.80. The van der Waals surface area contributed by atoms with Crippen LogP contribution in [0, 0.1) is 0 Å². The summed E-state index contributed by atoms with van der Waals surface area (Å²) in [7, 11) is 0. The Bertz CT molecular complexity index is 166. The monoisotopic (exact) mass is 228 g/mol. The molecule has 0 amide bonds. The minimum atomic E-state index is -0.0172. The number of hydrogen-bond acceptors (Lipinski definition) is 2. The lowest BCUT2D eigenvalue weighted by Crippen LogP contribution is -2.14. The molecule has 2 heteroatoms. The quantitative estimate of drug-likeness (QED) is 0.407. The minimum Gasteiger partial charge on any atom is -0.463 e. The fraction of sp³-hybridized carbons (Fsp3) is 0.929. The van der Waals surface area contributed by atoms with Gasteiger partial charge in [-0.3, -0.25) is 4.79 Å². The maximum absolute atomic E-state index is 11.4. The van der Waals surface area contributed by atoms with Gasteiger partial charge >= 0.3 is 5.97 Å². The summed E-state index contributed by atoms with van der Waals surface area (Å²) < 4.78 is 5.28. The molecule has 1 unspecified atom stereocenters. The van der Waals surface area contributed by atoms with E-state index >= 15 is 0 Å². The van der Waals surface area contributed by atoms with Gasteiger partial charge < -0.3 is 4.74 Å². The van der Waals surface area contributed by atoms with Crippen LogP contribution in [0.15, 0.2) is 0 Å². The summed E-state index contributed by atoms with van der Waals surface area (Å²) in [5, 5.41) is 0. The second-order valence-corrected chi connectivity index (χ2v) is 4.61. The predicted molar refractivity (Wildman–Crippen MR) is 68.5 cm³/mol. The molecule has 0 aliphatic heterocycles. The third kappa shape index (κ3) is 10.0. The van der Waals surface area contributed by atoms with Crippen molar-refractivity contribution in [2.45, 2.75) is 84.7 Å². The van der Waals surface area contributed by atoms with Crippen molar-refractivity contribution in [3.63, 3.8) is 0 Å². The number of rotatable bonds is 10. The average Bonchev–Trinajstić information content (AvgIpc) is 2.23. The van der Waals surface area contributed by atoms with Gasteiger partial charge in [-0.15, -0.1) is 0 Å². The summed E-state index contributed by atoms with van der Waals surface area (Å²) in [6, 6.07) is 0. The Balaban J connectivity index is 3.30. The molecule has 0 bridgehead atoms. The summed E-state index contributed by atoms with van der Waals surface area (Å²) in [5.41, 5.74) is 0. The van der Waals surface area contributed by atoms with Gasteiger partial charge in [-0.05, 0) is 19.8 Å². The van der Waals surface area contributed by atoms with Crippen LogP contribution in [0.5, 0.6) is 0 Å². The number of hydrogen-bond donors (Lipinski definition) is 0. The molecule has 2 nitrogen and oxygen atoms in total. The first-order valence-electron chi connectivity index (χ1n) is 6.90. The van der Waals surface area contributed by atoms with Crippen molar-refractivity contribution in [2.75, 3.05) is 0 Å². The van der Waals surface area contributed by atoms with Gasteiger partial charge in [0.2, 0.25) is 0 Å². The third-order valence-corrected chi connectivity index (χ3v) is 2.76. The summed E-state index contributed by atoms with van der Waals surface area (Å²) in [6.07, 6.45) is 10.0. The number of unbranched alkanes of at least 4 members (excludes halogenated alkanes) is 5. The van der Waals surface area contributed by atoms with Crippen molar-refractivity contribution < 1.29 is 9.53 Å². The van der Waals surface area contributed by atoms with Crippen molar-refractivity contribution in [1.29, 1.82) is 0 Å². The Labute approximate surface area is 101 Å². The lowest BCUT2D eigenvalue weighted by molar-refractivity contribution is -0.148. The zero-order chi connectivity index (χ0) is 12.2. The maximum atomic E-state index is 11.4. The largest absolute Gasteiger partial charge is 0.463 e. The summed E-state index contributed by atoms with van der Waals surface area (Å²) in [5.74, 6) is -0.0172. The van der Waals surface area contributed by atoms with E-state index in [9.17, 15) is 4.79 Å². The molecule has 0 spiro atoms. The molecule has 0 fully saturated rings. The molecule has 0 saturated heterocycles. The van der Waals surface area contributed by atoms with Crippen LogP contribution in [0.4, 0.5) is 0 Å². The zero-order valence-electron chi connectivity index (χ0n) is 11.3. The fourth-order valence-corrected chi connectivity index (χ4v) is 1.80. The average molecular weight is 228 g/mol. The van der Waals surface area contributed by atoms with E-state index in [0.717, 1.165) is 25.7 Å². The van der Waals surface area contributed by atoms with Gasteiger partial charge in [0, 0.05) is 6.42 Å². The van der Waals surface area contributed by atoms with Crippen molar-refractivity contribution in [1.82, 2.24) is 0 Å². The molecule has 0 N–H and O–H groups in total. The second kappa shape index (κ2) is 11.0. The summed E-state index contributed by atoms with van der Waals surface area (Å²) in [6.45, 7) is 6.30. The number of ether oxygens (including phenoxy) is 1. The van der Waals surface area contributed by atoms with Crippen LogP contribution >= 0.6 is 0 Å². The molecule has 0 saturated carbocycles. The van der Waals surface area contributed by atoms with Gasteiger partial charge in [0.05, 0.1) is 6.10 Å². The van der Waals surface area contributed by atoms with E-state index in [-0.39, 0.29) is 12.1 Å². The summed E-state index contributed by atoms with van der Waals surface area (Å²) >= 11 is 0. The van der Waals surface area contributed by atoms with Crippen molar-refractivity contribution in [3.05, 3.63) is 0 Å². The lowest BCUT2D eigenvalue weighted by atomic mass is 10.1. The van der Waals surface area contributed by atoms with Crippen LogP contribution in [0.2, 0.25) is 0 Å². The third-order valence-electron chi connectivity index (χ3n) is 2.76. The molecule has 0 radical (unpaired) electrons. The topological polar surface area (TPSA) is 26.3 Å². The maximum Gasteiger partial charge on any atom is 0.306 e. The van der Waals surface area contributed by atoms with Crippen molar-refractivity contribution in [3.8, 4) is 0 Å². The molecule has 0 aliphatic carbocycles. The first-order chi connectivity index (χ1) is 7.70. The Morgan fingerprint density at radius 2 is 1.62 bits per heavy atom. The predicted octanol–water partition coefficient (Wildman–Crippen LogP) is 4.47. The number of esters is 1. The van der Waals surface area contributed by atoms with Crippen LogP contribution < -0.4 is 0 Å². The highest BCUT2D eigenvalue weighted by atomic mass is 16.5. The molecule has 0 aromatic rings. The van der Waals surface area contributed by atoms with Crippen LogP contribution in [0.3, 0.4) is 0 Å². The van der Waals surface area contributed by atoms with Crippen molar-refractivity contribution >= 4 is 5.97 Å². The number of carbonyl (C=O) groups is 1. The van der Waals surface area contributed by atoms with E-state index in [1.807, 2.05) is 6.92 Å². The van der Waals surface area contributed by atoms with Gasteiger partial charge in [0.15, 0.2) is 0 Å². The van der Waals surface area contributed by atoms with Gasteiger partial charge in [0.25, 0.3) is 0 Å². The van der Waals surface area contributed by atoms with Gasteiger partial charge in [-0.25, -0.2) is 0 Å². The Kier molecular flexibility index (Phi) is 10.6. The molecule has 0 rings (SSSR count). The normalized spacial score (nSPS) is 12.4. The standard InChI is InChI=1S/C14H28O2/c1-4-6-7-8-9-10-12-14(15)16-13(3)11-5-2/h13H,4-12H2,1-3H3. The first kappa shape index (κ1) is 15.5. The van der Waals surface area contributed by atoms with E-state index in [2.05, 4.69) is 13.8 Å². The van der Waals surface area contributed by atoms with E-state index < -0.39 is 0 Å². The highest BCUT2D eigenvalue weighted by Gasteiger charge is 2.07. The molecule has 0 heterocycles. The van der Waals surface area contributed by atoms with Gasteiger partial charge in [-0.2, -0.15) is 0 Å². The Hall–Kier alpha value is -0.530. The van der Waals surface area contributed by atoms with Crippen LogP contribution in [0.1, 0.15) is 78.6 Å². The molecule has 0 aromatic carbocycles. The Morgan fingerprint density at radius 1 is 1.00 bits per heavy atom. The highest BCUT2D eigenvalue weighted by molar-refractivity contribution is 5.69. The highest BCUT2D eigenvalue weighted by Crippen LogP contribution is 2.09. The van der Waals surface area contributed by atoms with E-state index in [1.165, 1.54) is 25.7 Å². The lowest BCUT2D eigenvalue weighted by Gasteiger charge is -2.11. The molecule has 0 aromatic heterocycles. The van der Waals surface area contributed by atoms with Crippen LogP contribution in [-0.2, 0) is 9.53 Å². The van der Waals surface area contributed by atoms with E-state index in [0.29, 0.717) is 6.42 Å². The van der Waals surface area contributed by atoms with Crippen LogP contribution in [-0.4, -0.2) is 12.1 Å². The smallest absolute Gasteiger partial charge is 0.306 e. The minimum absolute atomic E-state index is 0.0172. The Morgan fingerprint density at radius 3 is 2.25 bits per heavy atom. The SMILES string of the molecule is CCCCCCCCC(=O)OC(C)CCC.